The first-order valence-corrected chi connectivity index (χ1v) is 8.32. The second kappa shape index (κ2) is 7.71. The van der Waals surface area contributed by atoms with Crippen molar-refractivity contribution in [1.29, 1.82) is 0 Å². The van der Waals surface area contributed by atoms with Gasteiger partial charge in [0.2, 0.25) is 0 Å². The third-order valence-corrected chi connectivity index (χ3v) is 4.29. The Morgan fingerprint density at radius 3 is 2.12 bits per heavy atom. The predicted octanol–water partition coefficient (Wildman–Crippen LogP) is 5.82. The molecule has 0 amide bonds. The lowest BCUT2D eigenvalue weighted by atomic mass is 9.90. The van der Waals surface area contributed by atoms with Crippen molar-refractivity contribution in [2.45, 2.75) is 6.92 Å². The first-order chi connectivity index (χ1) is 12.3. The summed E-state index contributed by atoms with van der Waals surface area (Å²) >= 11 is 0. The van der Waals surface area contributed by atoms with Crippen LogP contribution in [0.4, 0.5) is 0 Å². The smallest absolute Gasteiger partial charge is 0.161 e. The fourth-order valence-electron chi connectivity index (χ4n) is 3.07. The predicted molar refractivity (Wildman–Crippen MR) is 104 cm³/mol. The van der Waals surface area contributed by atoms with E-state index in [-0.39, 0.29) is 0 Å². The Hall–Kier alpha value is -3.00. The molecule has 0 heterocycles. The molecule has 2 heteroatoms. The Morgan fingerprint density at radius 1 is 0.760 bits per heavy atom. The molecular weight excluding hydrogens is 308 g/mol. The normalized spacial score (nSPS) is 11.2. The number of rotatable bonds is 5. The van der Waals surface area contributed by atoms with Crippen molar-refractivity contribution in [3.8, 4) is 22.6 Å². The zero-order valence-electron chi connectivity index (χ0n) is 14.8. The van der Waals surface area contributed by atoms with E-state index in [2.05, 4.69) is 67.6 Å². The highest BCUT2D eigenvalue weighted by molar-refractivity contribution is 5.89. The summed E-state index contributed by atoms with van der Waals surface area (Å²) in [5.74, 6) is 1.47. The molecule has 0 spiro atoms. The molecule has 126 valence electrons. The molecule has 0 atom stereocenters. The first-order valence-electron chi connectivity index (χ1n) is 8.32. The van der Waals surface area contributed by atoms with Gasteiger partial charge < -0.3 is 9.47 Å². The van der Waals surface area contributed by atoms with Crippen molar-refractivity contribution in [1.82, 2.24) is 0 Å². The van der Waals surface area contributed by atoms with Crippen molar-refractivity contribution in [3.05, 3.63) is 90.0 Å². The van der Waals surface area contributed by atoms with Crippen LogP contribution in [0, 0.1) is 0 Å². The van der Waals surface area contributed by atoms with Gasteiger partial charge in [0.25, 0.3) is 0 Å². The first kappa shape index (κ1) is 16.8. The van der Waals surface area contributed by atoms with Crippen molar-refractivity contribution in [3.63, 3.8) is 0 Å². The van der Waals surface area contributed by atoms with E-state index >= 15 is 0 Å². The minimum absolute atomic E-state index is 0.733. The van der Waals surface area contributed by atoms with Gasteiger partial charge in [0, 0.05) is 0 Å². The maximum absolute atomic E-state index is 5.47. The molecule has 0 fully saturated rings. The van der Waals surface area contributed by atoms with Gasteiger partial charge in [0.05, 0.1) is 14.2 Å². The molecule has 0 saturated carbocycles. The third-order valence-electron chi connectivity index (χ3n) is 4.29. The van der Waals surface area contributed by atoms with E-state index < -0.39 is 0 Å². The van der Waals surface area contributed by atoms with Crippen LogP contribution in [0.5, 0.6) is 11.5 Å². The van der Waals surface area contributed by atoms with Gasteiger partial charge >= 0.3 is 0 Å². The number of benzene rings is 3. The van der Waals surface area contributed by atoms with Crippen molar-refractivity contribution in [2.75, 3.05) is 14.2 Å². The largest absolute Gasteiger partial charge is 0.493 e. The molecular formula is C23H22O2. The monoisotopic (exact) mass is 330 g/mol. The van der Waals surface area contributed by atoms with Crippen LogP contribution in [0.25, 0.3) is 16.7 Å². The molecule has 0 aliphatic rings. The molecule has 0 N–H and O–H groups in total. The van der Waals surface area contributed by atoms with Gasteiger partial charge in [-0.3, -0.25) is 0 Å². The summed E-state index contributed by atoms with van der Waals surface area (Å²) in [6.45, 7) is 2.08. The van der Waals surface area contributed by atoms with E-state index in [9.17, 15) is 0 Å². The minimum atomic E-state index is 0.733. The Labute approximate surface area is 149 Å². The SMILES string of the molecule is CC=C(c1ccccc1)c1ccccc1-c1ccc(OC)c(OC)c1. The molecule has 3 aromatic carbocycles. The van der Waals surface area contributed by atoms with Crippen LogP contribution in [0.15, 0.2) is 78.9 Å². The van der Waals surface area contributed by atoms with Crippen LogP contribution in [0.2, 0.25) is 0 Å². The van der Waals surface area contributed by atoms with Crippen molar-refractivity contribution < 1.29 is 9.47 Å². The molecule has 0 saturated heterocycles. The standard InChI is InChI=1S/C23H22O2/c1-4-19(17-10-6-5-7-11-17)21-13-9-8-12-20(21)18-14-15-22(24-2)23(16-18)25-3/h4-16H,1-3H3. The van der Waals surface area contributed by atoms with E-state index in [0.29, 0.717) is 0 Å². The summed E-state index contributed by atoms with van der Waals surface area (Å²) in [6, 6.07) is 24.9. The highest BCUT2D eigenvalue weighted by Crippen LogP contribution is 2.37. The Kier molecular flexibility index (Phi) is 5.20. The second-order valence-corrected chi connectivity index (χ2v) is 5.68. The Balaban J connectivity index is 2.14. The molecule has 3 rings (SSSR count). The van der Waals surface area contributed by atoms with Gasteiger partial charge in [-0.15, -0.1) is 0 Å². The van der Waals surface area contributed by atoms with Crippen molar-refractivity contribution in [2.24, 2.45) is 0 Å². The average Bonchev–Trinajstić information content (AvgIpc) is 2.69. The molecule has 0 unspecified atom stereocenters. The van der Waals surface area contributed by atoms with Crippen molar-refractivity contribution >= 4 is 5.57 Å². The Bertz CT molecular complexity index is 880. The molecule has 2 nitrogen and oxygen atoms in total. The van der Waals surface area contributed by atoms with E-state index in [1.165, 1.54) is 22.3 Å². The van der Waals surface area contributed by atoms with Gasteiger partial charge in [-0.1, -0.05) is 66.7 Å². The molecule has 25 heavy (non-hydrogen) atoms. The van der Waals surface area contributed by atoms with E-state index in [1.54, 1.807) is 14.2 Å². The van der Waals surface area contributed by atoms with Gasteiger partial charge in [-0.25, -0.2) is 0 Å². The summed E-state index contributed by atoms with van der Waals surface area (Å²) in [4.78, 5) is 0. The summed E-state index contributed by atoms with van der Waals surface area (Å²) in [5, 5.41) is 0. The van der Waals surface area contributed by atoms with Crippen LogP contribution >= 0.6 is 0 Å². The minimum Gasteiger partial charge on any atom is -0.493 e. The number of hydrogen-bond donors (Lipinski definition) is 0. The lowest BCUT2D eigenvalue weighted by Crippen LogP contribution is -1.94. The summed E-state index contributed by atoms with van der Waals surface area (Å²) in [5.41, 5.74) is 5.89. The maximum Gasteiger partial charge on any atom is 0.161 e. The zero-order chi connectivity index (χ0) is 17.6. The van der Waals surface area contributed by atoms with Gasteiger partial charge in [0.1, 0.15) is 0 Å². The van der Waals surface area contributed by atoms with Crippen LogP contribution in [-0.4, -0.2) is 14.2 Å². The second-order valence-electron chi connectivity index (χ2n) is 5.68. The van der Waals surface area contributed by atoms with E-state index in [0.717, 1.165) is 17.1 Å². The Morgan fingerprint density at radius 2 is 1.44 bits per heavy atom. The van der Waals surface area contributed by atoms with Crippen LogP contribution in [-0.2, 0) is 0 Å². The van der Waals surface area contributed by atoms with Gasteiger partial charge in [0.15, 0.2) is 11.5 Å². The fraction of sp³-hybridized carbons (Fsp3) is 0.130. The topological polar surface area (TPSA) is 18.5 Å². The number of hydrogen-bond acceptors (Lipinski definition) is 2. The van der Waals surface area contributed by atoms with Gasteiger partial charge in [-0.05, 0) is 46.9 Å². The fourth-order valence-corrected chi connectivity index (χ4v) is 3.07. The van der Waals surface area contributed by atoms with E-state index in [4.69, 9.17) is 9.47 Å². The molecule has 3 aromatic rings. The summed E-state index contributed by atoms with van der Waals surface area (Å²) in [6.07, 6.45) is 2.16. The summed E-state index contributed by atoms with van der Waals surface area (Å²) < 4.78 is 10.8. The maximum atomic E-state index is 5.47. The third kappa shape index (κ3) is 3.43. The lowest BCUT2D eigenvalue weighted by molar-refractivity contribution is 0.355. The highest BCUT2D eigenvalue weighted by atomic mass is 16.5. The lowest BCUT2D eigenvalue weighted by Gasteiger charge is -2.15. The molecule has 0 aliphatic heterocycles. The van der Waals surface area contributed by atoms with E-state index in [1.807, 2.05) is 18.2 Å². The zero-order valence-corrected chi connectivity index (χ0v) is 14.8. The van der Waals surface area contributed by atoms with Crippen LogP contribution in [0.3, 0.4) is 0 Å². The number of methoxy groups -OCH3 is 2. The highest BCUT2D eigenvalue weighted by Gasteiger charge is 2.12. The molecule has 0 radical (unpaired) electrons. The van der Waals surface area contributed by atoms with Crippen LogP contribution < -0.4 is 9.47 Å². The number of allylic oxidation sites excluding steroid dienone is 1. The summed E-state index contributed by atoms with van der Waals surface area (Å²) in [7, 11) is 3.31. The quantitative estimate of drug-likeness (QED) is 0.586. The molecule has 0 bridgehead atoms. The van der Waals surface area contributed by atoms with Gasteiger partial charge in [-0.2, -0.15) is 0 Å². The average molecular weight is 330 g/mol. The number of ether oxygens (including phenoxy) is 2. The molecule has 0 aromatic heterocycles. The van der Waals surface area contributed by atoms with Crippen LogP contribution in [0.1, 0.15) is 18.1 Å². The molecule has 0 aliphatic carbocycles.